The van der Waals surface area contributed by atoms with Crippen LogP contribution in [0.4, 0.5) is 0 Å². The molecule has 2 aromatic carbocycles. The van der Waals surface area contributed by atoms with E-state index >= 15 is 0 Å². The number of hydrogen-bond donors (Lipinski definition) is 1. The minimum Gasteiger partial charge on any atom is -0.369 e. The smallest absolute Gasteiger partial charge is 0.246 e. The van der Waals surface area contributed by atoms with Gasteiger partial charge < -0.3 is 10.6 Å². The lowest BCUT2D eigenvalue weighted by Crippen LogP contribution is -2.30. The van der Waals surface area contributed by atoms with E-state index in [1.807, 2.05) is 42.5 Å². The molecule has 3 rings (SSSR count). The molecule has 0 unspecified atom stereocenters. The topological polar surface area (TPSA) is 63.4 Å². The van der Waals surface area contributed by atoms with E-state index in [0.717, 1.165) is 16.7 Å². The number of nitrogens with zero attached hydrogens (tertiary/aromatic N) is 1. The van der Waals surface area contributed by atoms with Crippen molar-refractivity contribution in [2.45, 2.75) is 6.42 Å². The molecular weight excluding hydrogens is 300 g/mol. The van der Waals surface area contributed by atoms with Gasteiger partial charge in [-0.05, 0) is 35.3 Å². The third-order valence-corrected chi connectivity index (χ3v) is 4.31. The average Bonchev–Trinajstić information content (AvgIpc) is 3.11. The summed E-state index contributed by atoms with van der Waals surface area (Å²) in [5, 5.41) is 0. The molecule has 1 fully saturated rings. The van der Waals surface area contributed by atoms with E-state index in [4.69, 9.17) is 5.73 Å². The monoisotopic (exact) mass is 320 g/mol. The zero-order chi connectivity index (χ0) is 16.9. The first kappa shape index (κ1) is 16.0. The average molecular weight is 320 g/mol. The fraction of sp³-hybridized carbons (Fsp3) is 0.200. The lowest BCUT2D eigenvalue weighted by atomic mass is 10.0. The zero-order valence-electron chi connectivity index (χ0n) is 13.4. The predicted octanol–water partition coefficient (Wildman–Crippen LogP) is 2.70. The quantitative estimate of drug-likeness (QED) is 0.880. The van der Waals surface area contributed by atoms with Crippen molar-refractivity contribution in [2.24, 2.45) is 11.7 Å². The molecule has 0 aromatic heterocycles. The van der Waals surface area contributed by atoms with Crippen molar-refractivity contribution in [3.63, 3.8) is 0 Å². The van der Waals surface area contributed by atoms with Crippen LogP contribution < -0.4 is 5.73 Å². The zero-order valence-corrected chi connectivity index (χ0v) is 13.4. The van der Waals surface area contributed by atoms with Gasteiger partial charge in [-0.25, -0.2) is 0 Å². The van der Waals surface area contributed by atoms with Crippen molar-refractivity contribution < 1.29 is 9.59 Å². The maximum atomic E-state index is 12.2. The van der Waals surface area contributed by atoms with Crippen LogP contribution in [0.5, 0.6) is 0 Å². The summed E-state index contributed by atoms with van der Waals surface area (Å²) in [6.45, 7) is 1.00. The Morgan fingerprint density at radius 2 is 1.79 bits per heavy atom. The van der Waals surface area contributed by atoms with Crippen molar-refractivity contribution >= 4 is 17.9 Å². The molecule has 122 valence electrons. The van der Waals surface area contributed by atoms with Gasteiger partial charge >= 0.3 is 0 Å². The molecule has 0 spiro atoms. The summed E-state index contributed by atoms with van der Waals surface area (Å²) in [5.41, 5.74) is 8.52. The Bertz CT molecular complexity index is 768. The highest BCUT2D eigenvalue weighted by molar-refractivity contribution is 5.92. The van der Waals surface area contributed by atoms with Crippen molar-refractivity contribution in [2.75, 3.05) is 13.1 Å². The third kappa shape index (κ3) is 3.71. The van der Waals surface area contributed by atoms with E-state index in [1.165, 1.54) is 0 Å². The second-order valence-electron chi connectivity index (χ2n) is 6.00. The Labute approximate surface area is 141 Å². The molecule has 24 heavy (non-hydrogen) atoms. The number of nitrogens with two attached hydrogens (primary N) is 1. The highest BCUT2D eigenvalue weighted by atomic mass is 16.2. The first-order valence-corrected chi connectivity index (χ1v) is 8.05. The number of likely N-dealkylation sites (tertiary alicyclic amines) is 1. The first-order chi connectivity index (χ1) is 11.6. The number of carbonyl (C=O) groups is 2. The minimum absolute atomic E-state index is 0.0798. The van der Waals surface area contributed by atoms with E-state index in [0.29, 0.717) is 19.5 Å². The fourth-order valence-corrected chi connectivity index (χ4v) is 2.92. The fourth-order valence-electron chi connectivity index (χ4n) is 2.92. The molecule has 2 aromatic rings. The summed E-state index contributed by atoms with van der Waals surface area (Å²) in [5.74, 6) is -0.627. The van der Waals surface area contributed by atoms with Crippen LogP contribution >= 0.6 is 0 Å². The van der Waals surface area contributed by atoms with Crippen LogP contribution in [-0.4, -0.2) is 29.8 Å². The number of primary amides is 1. The van der Waals surface area contributed by atoms with Crippen LogP contribution in [0.3, 0.4) is 0 Å². The van der Waals surface area contributed by atoms with Crippen LogP contribution in [0, 0.1) is 5.92 Å². The SMILES string of the molecule is NC(=O)[C@H]1CCN(C(=O)/C=C/c2cccc(-c3ccccc3)c2)C1. The molecule has 0 bridgehead atoms. The molecular formula is C20H20N2O2. The molecule has 0 saturated carbocycles. The summed E-state index contributed by atoms with van der Waals surface area (Å²) in [6, 6.07) is 18.2. The van der Waals surface area contributed by atoms with Crippen LogP contribution in [0.15, 0.2) is 60.7 Å². The molecule has 1 heterocycles. The van der Waals surface area contributed by atoms with Crippen molar-refractivity contribution in [1.29, 1.82) is 0 Å². The molecule has 0 aliphatic carbocycles. The van der Waals surface area contributed by atoms with Crippen molar-refractivity contribution in [3.05, 3.63) is 66.2 Å². The molecule has 1 saturated heterocycles. The van der Waals surface area contributed by atoms with E-state index < -0.39 is 0 Å². The largest absolute Gasteiger partial charge is 0.369 e. The third-order valence-electron chi connectivity index (χ3n) is 4.31. The van der Waals surface area contributed by atoms with Gasteiger partial charge in [-0.3, -0.25) is 9.59 Å². The molecule has 4 heteroatoms. The van der Waals surface area contributed by atoms with Gasteiger partial charge in [-0.2, -0.15) is 0 Å². The summed E-state index contributed by atoms with van der Waals surface area (Å²) in [6.07, 6.45) is 4.03. The Kier molecular flexibility index (Phi) is 4.75. The van der Waals surface area contributed by atoms with Crippen LogP contribution in [0.1, 0.15) is 12.0 Å². The Morgan fingerprint density at radius 1 is 1.04 bits per heavy atom. The van der Waals surface area contributed by atoms with Gasteiger partial charge in [0, 0.05) is 19.2 Å². The van der Waals surface area contributed by atoms with Crippen molar-refractivity contribution in [1.82, 2.24) is 4.90 Å². The molecule has 0 radical (unpaired) electrons. The number of hydrogen-bond acceptors (Lipinski definition) is 2. The second-order valence-corrected chi connectivity index (χ2v) is 6.00. The second kappa shape index (κ2) is 7.13. The first-order valence-electron chi connectivity index (χ1n) is 8.05. The molecule has 2 N–H and O–H groups in total. The van der Waals surface area contributed by atoms with Crippen LogP contribution in [-0.2, 0) is 9.59 Å². The number of carbonyl (C=O) groups excluding carboxylic acids is 2. The molecule has 2 amide bonds. The van der Waals surface area contributed by atoms with Gasteiger partial charge in [0.2, 0.25) is 11.8 Å². The van der Waals surface area contributed by atoms with E-state index in [9.17, 15) is 9.59 Å². The summed E-state index contributed by atoms with van der Waals surface area (Å²) >= 11 is 0. The Morgan fingerprint density at radius 3 is 2.50 bits per heavy atom. The van der Waals surface area contributed by atoms with Gasteiger partial charge in [0.25, 0.3) is 0 Å². The van der Waals surface area contributed by atoms with Crippen LogP contribution in [0.25, 0.3) is 17.2 Å². The van der Waals surface area contributed by atoms with E-state index in [2.05, 4.69) is 18.2 Å². The normalized spacial score (nSPS) is 17.3. The number of benzene rings is 2. The van der Waals surface area contributed by atoms with Gasteiger partial charge in [0.15, 0.2) is 0 Å². The van der Waals surface area contributed by atoms with Crippen LogP contribution in [0.2, 0.25) is 0 Å². The van der Waals surface area contributed by atoms with Gasteiger partial charge in [-0.1, -0.05) is 48.5 Å². The maximum absolute atomic E-state index is 12.2. The minimum atomic E-state index is -0.329. The summed E-state index contributed by atoms with van der Waals surface area (Å²) in [7, 11) is 0. The standard InChI is InChI=1S/C20H20N2O2/c21-20(24)18-11-12-22(14-18)19(23)10-9-15-5-4-8-17(13-15)16-6-2-1-3-7-16/h1-10,13,18H,11-12,14H2,(H2,21,24)/b10-9+/t18-/m0/s1. The van der Waals surface area contributed by atoms with Crippen molar-refractivity contribution in [3.8, 4) is 11.1 Å². The van der Waals surface area contributed by atoms with E-state index in [1.54, 1.807) is 11.0 Å². The predicted molar refractivity (Wildman–Crippen MR) is 94.8 cm³/mol. The summed E-state index contributed by atoms with van der Waals surface area (Å²) in [4.78, 5) is 25.1. The molecule has 1 aliphatic rings. The maximum Gasteiger partial charge on any atom is 0.246 e. The van der Waals surface area contributed by atoms with Gasteiger partial charge in [0.05, 0.1) is 5.92 Å². The summed E-state index contributed by atoms with van der Waals surface area (Å²) < 4.78 is 0. The molecule has 1 atom stereocenters. The Balaban J connectivity index is 1.69. The number of amides is 2. The van der Waals surface area contributed by atoms with Gasteiger partial charge in [-0.15, -0.1) is 0 Å². The van der Waals surface area contributed by atoms with E-state index in [-0.39, 0.29) is 17.7 Å². The lowest BCUT2D eigenvalue weighted by molar-refractivity contribution is -0.125. The highest BCUT2D eigenvalue weighted by Gasteiger charge is 2.28. The molecule has 4 nitrogen and oxygen atoms in total. The number of rotatable bonds is 4. The lowest BCUT2D eigenvalue weighted by Gasteiger charge is -2.13. The highest BCUT2D eigenvalue weighted by Crippen LogP contribution is 2.21. The van der Waals surface area contributed by atoms with Gasteiger partial charge in [0.1, 0.15) is 0 Å². The Hall–Kier alpha value is -2.88. The molecule has 1 aliphatic heterocycles.